The first-order chi connectivity index (χ1) is 13.8. The van der Waals surface area contributed by atoms with Crippen LogP contribution in [0, 0.1) is 0 Å². The summed E-state index contributed by atoms with van der Waals surface area (Å²) in [7, 11) is 0. The normalized spacial score (nSPS) is 11.6. The van der Waals surface area contributed by atoms with Crippen LogP contribution in [0.2, 0.25) is 0 Å². The van der Waals surface area contributed by atoms with Gasteiger partial charge >= 0.3 is 0 Å². The van der Waals surface area contributed by atoms with Crippen LogP contribution in [0.15, 0.2) is 65.7 Å². The van der Waals surface area contributed by atoms with E-state index in [2.05, 4.69) is 17.1 Å². The van der Waals surface area contributed by atoms with Crippen LogP contribution >= 0.6 is 0 Å². The number of nitrogens with zero attached hydrogens (tertiary/aromatic N) is 5. The molecule has 0 radical (unpaired) electrons. The molecule has 0 atom stereocenters. The molecule has 0 unspecified atom stereocenters. The van der Waals surface area contributed by atoms with Crippen molar-refractivity contribution >= 4 is 33.2 Å². The number of fused-ring (bicyclic) bond motifs is 4. The summed E-state index contributed by atoms with van der Waals surface area (Å²) in [5.74, 6) is 0. The van der Waals surface area contributed by atoms with Crippen molar-refractivity contribution in [3.05, 3.63) is 76.8 Å². The Hall–Kier alpha value is -3.54. The van der Waals surface area contributed by atoms with E-state index in [9.17, 15) is 4.79 Å². The number of hydrogen-bond donors (Lipinski definition) is 0. The van der Waals surface area contributed by atoms with Gasteiger partial charge in [0.15, 0.2) is 11.3 Å². The van der Waals surface area contributed by atoms with Gasteiger partial charge in [0.05, 0.1) is 23.9 Å². The van der Waals surface area contributed by atoms with Gasteiger partial charge in [-0.1, -0.05) is 49.4 Å². The third-order valence-electron chi connectivity index (χ3n) is 4.97. The highest BCUT2D eigenvalue weighted by Gasteiger charge is 2.19. The molecule has 28 heavy (non-hydrogen) atoms. The standard InChI is InChI=1S/C22H19N5O/c1-2-12-26-14-23-20-18(22(26)28)19-21(25-17-11-7-6-10-16(17)24-19)27(20)13-15-8-4-3-5-9-15/h3-11,14H,2,12-13H2,1H3. The summed E-state index contributed by atoms with van der Waals surface area (Å²) in [5.41, 5.74) is 4.58. The Morgan fingerprint density at radius 2 is 1.61 bits per heavy atom. The minimum Gasteiger partial charge on any atom is -0.304 e. The van der Waals surface area contributed by atoms with E-state index in [0.29, 0.717) is 35.3 Å². The van der Waals surface area contributed by atoms with Crippen LogP contribution in [0.4, 0.5) is 0 Å². The van der Waals surface area contributed by atoms with E-state index in [1.54, 1.807) is 10.9 Å². The number of aryl methyl sites for hydroxylation is 1. The summed E-state index contributed by atoms with van der Waals surface area (Å²) < 4.78 is 3.66. The maximum absolute atomic E-state index is 13.2. The van der Waals surface area contributed by atoms with Crippen LogP contribution in [-0.2, 0) is 13.1 Å². The summed E-state index contributed by atoms with van der Waals surface area (Å²) in [6.45, 7) is 3.26. The van der Waals surface area contributed by atoms with Crippen molar-refractivity contribution < 1.29 is 0 Å². The molecule has 0 N–H and O–H groups in total. The van der Waals surface area contributed by atoms with Gasteiger partial charge in [0, 0.05) is 6.54 Å². The molecular formula is C22H19N5O. The lowest BCUT2D eigenvalue weighted by molar-refractivity contribution is 0.646. The maximum Gasteiger partial charge on any atom is 0.265 e. The van der Waals surface area contributed by atoms with E-state index in [-0.39, 0.29) is 5.56 Å². The van der Waals surface area contributed by atoms with Gasteiger partial charge in [-0.25, -0.2) is 15.0 Å². The second-order valence-corrected chi connectivity index (χ2v) is 6.90. The first-order valence-electron chi connectivity index (χ1n) is 9.44. The zero-order valence-electron chi connectivity index (χ0n) is 15.5. The molecule has 6 nitrogen and oxygen atoms in total. The van der Waals surface area contributed by atoms with Gasteiger partial charge in [0.2, 0.25) is 0 Å². The molecule has 5 aromatic rings. The molecule has 0 aliphatic carbocycles. The Morgan fingerprint density at radius 3 is 2.36 bits per heavy atom. The number of rotatable bonds is 4. The molecule has 6 heteroatoms. The van der Waals surface area contributed by atoms with Crippen molar-refractivity contribution in [2.24, 2.45) is 0 Å². The molecule has 2 aromatic carbocycles. The largest absolute Gasteiger partial charge is 0.304 e. The highest BCUT2D eigenvalue weighted by molar-refractivity contribution is 6.04. The van der Waals surface area contributed by atoms with E-state index in [4.69, 9.17) is 9.97 Å². The summed E-state index contributed by atoms with van der Waals surface area (Å²) in [6.07, 6.45) is 2.50. The summed E-state index contributed by atoms with van der Waals surface area (Å²) in [5, 5.41) is 0.542. The third kappa shape index (κ3) is 2.57. The molecule has 0 amide bonds. The van der Waals surface area contributed by atoms with Gasteiger partial charge in [0.1, 0.15) is 10.9 Å². The van der Waals surface area contributed by atoms with Gasteiger partial charge in [-0.3, -0.25) is 9.36 Å². The second kappa shape index (κ2) is 6.56. The van der Waals surface area contributed by atoms with Crippen molar-refractivity contribution in [1.29, 1.82) is 0 Å². The Bertz CT molecular complexity index is 1370. The Morgan fingerprint density at radius 1 is 0.893 bits per heavy atom. The van der Waals surface area contributed by atoms with Gasteiger partial charge in [-0.15, -0.1) is 0 Å². The average Bonchev–Trinajstić information content (AvgIpc) is 3.02. The van der Waals surface area contributed by atoms with Gasteiger partial charge < -0.3 is 4.57 Å². The summed E-state index contributed by atoms with van der Waals surface area (Å²) >= 11 is 0. The molecule has 0 aliphatic heterocycles. The zero-order valence-corrected chi connectivity index (χ0v) is 15.5. The van der Waals surface area contributed by atoms with Crippen molar-refractivity contribution in [2.75, 3.05) is 0 Å². The smallest absolute Gasteiger partial charge is 0.265 e. The highest BCUT2D eigenvalue weighted by Crippen LogP contribution is 2.25. The third-order valence-corrected chi connectivity index (χ3v) is 4.97. The van der Waals surface area contributed by atoms with E-state index in [1.807, 2.05) is 54.0 Å². The molecule has 3 heterocycles. The Labute approximate surface area is 161 Å². The first-order valence-corrected chi connectivity index (χ1v) is 9.44. The van der Waals surface area contributed by atoms with Crippen molar-refractivity contribution in [1.82, 2.24) is 24.1 Å². The second-order valence-electron chi connectivity index (χ2n) is 6.90. The lowest BCUT2D eigenvalue weighted by Gasteiger charge is -2.07. The average molecular weight is 369 g/mol. The minimum atomic E-state index is -0.0618. The van der Waals surface area contributed by atoms with Crippen LogP contribution in [0.1, 0.15) is 18.9 Å². The van der Waals surface area contributed by atoms with Crippen LogP contribution in [0.5, 0.6) is 0 Å². The maximum atomic E-state index is 13.2. The van der Waals surface area contributed by atoms with Gasteiger partial charge in [0.25, 0.3) is 5.56 Å². The van der Waals surface area contributed by atoms with Crippen LogP contribution in [0.3, 0.4) is 0 Å². The predicted octanol–water partition coefficient (Wildman–Crippen LogP) is 3.75. The molecule has 5 rings (SSSR count). The van der Waals surface area contributed by atoms with E-state index >= 15 is 0 Å². The van der Waals surface area contributed by atoms with Crippen LogP contribution in [0.25, 0.3) is 33.2 Å². The fraction of sp³-hybridized carbons (Fsp3) is 0.182. The van der Waals surface area contributed by atoms with Gasteiger partial charge in [-0.05, 0) is 24.1 Å². The molecule has 0 fully saturated rings. The number of benzene rings is 2. The summed E-state index contributed by atoms with van der Waals surface area (Å²) in [4.78, 5) is 27.4. The molecule has 0 saturated heterocycles. The van der Waals surface area contributed by atoms with Gasteiger partial charge in [-0.2, -0.15) is 0 Å². The molecule has 0 spiro atoms. The van der Waals surface area contributed by atoms with E-state index < -0.39 is 0 Å². The zero-order chi connectivity index (χ0) is 19.1. The first kappa shape index (κ1) is 16.6. The molecule has 138 valence electrons. The van der Waals surface area contributed by atoms with Crippen molar-refractivity contribution in [3.8, 4) is 0 Å². The Balaban J connectivity index is 1.88. The highest BCUT2D eigenvalue weighted by atomic mass is 16.1. The fourth-order valence-electron chi connectivity index (χ4n) is 3.66. The Kier molecular flexibility index (Phi) is 3.90. The molecular weight excluding hydrogens is 350 g/mol. The topological polar surface area (TPSA) is 65.6 Å². The summed E-state index contributed by atoms with van der Waals surface area (Å²) in [6, 6.07) is 17.9. The number of para-hydroxylation sites is 2. The quantitative estimate of drug-likeness (QED) is 0.484. The number of aromatic nitrogens is 5. The van der Waals surface area contributed by atoms with E-state index in [0.717, 1.165) is 23.0 Å². The fourth-order valence-corrected chi connectivity index (χ4v) is 3.66. The SMILES string of the molecule is CCCn1cnc2c(c1=O)c1nc3ccccc3nc1n2Cc1ccccc1. The monoisotopic (exact) mass is 369 g/mol. The van der Waals surface area contributed by atoms with Crippen LogP contribution in [-0.4, -0.2) is 24.1 Å². The molecule has 0 saturated carbocycles. The van der Waals surface area contributed by atoms with Crippen molar-refractivity contribution in [2.45, 2.75) is 26.4 Å². The van der Waals surface area contributed by atoms with Crippen molar-refractivity contribution in [3.63, 3.8) is 0 Å². The van der Waals surface area contributed by atoms with Crippen LogP contribution < -0.4 is 5.56 Å². The number of hydrogen-bond acceptors (Lipinski definition) is 4. The molecule has 0 aliphatic rings. The van der Waals surface area contributed by atoms with E-state index in [1.165, 1.54) is 0 Å². The minimum absolute atomic E-state index is 0.0618. The molecule has 3 aromatic heterocycles. The predicted molar refractivity (Wildman–Crippen MR) is 110 cm³/mol. The molecule has 0 bridgehead atoms. The lowest BCUT2D eigenvalue weighted by Crippen LogP contribution is -2.20. The lowest BCUT2D eigenvalue weighted by atomic mass is 10.2.